The molecule has 6 rings (SSSR count). The summed E-state index contributed by atoms with van der Waals surface area (Å²) in [5.74, 6) is 0.316. The zero-order valence-corrected chi connectivity index (χ0v) is 16.0. The first-order valence-electron chi connectivity index (χ1n) is 10.1. The highest BCUT2D eigenvalue weighted by Gasteiger charge is 2.95. The lowest BCUT2D eigenvalue weighted by molar-refractivity contribution is -0.200. The first-order chi connectivity index (χ1) is 12.2. The molecule has 4 saturated heterocycles. The molecule has 0 bridgehead atoms. The third kappa shape index (κ3) is 1.31. The Balaban J connectivity index is 1.65. The number of hydrogen-bond donors (Lipinski definition) is 2. The molecule has 146 valence electrons. The van der Waals surface area contributed by atoms with Crippen LogP contribution in [0.1, 0.15) is 34.1 Å². The van der Waals surface area contributed by atoms with E-state index in [-0.39, 0.29) is 35.6 Å². The van der Waals surface area contributed by atoms with Gasteiger partial charge < -0.3 is 29.2 Å². The molecular weight excluding hydrogens is 336 g/mol. The van der Waals surface area contributed by atoms with Crippen molar-refractivity contribution in [1.29, 1.82) is 0 Å². The van der Waals surface area contributed by atoms with Crippen LogP contribution in [0.5, 0.6) is 0 Å². The van der Waals surface area contributed by atoms with Crippen LogP contribution in [-0.4, -0.2) is 66.3 Å². The fraction of sp³-hybridized carbons (Fsp3) is 1.00. The largest absolute Gasteiger partial charge is 0.390 e. The van der Waals surface area contributed by atoms with Crippen LogP contribution in [0.4, 0.5) is 0 Å². The Hall–Kier alpha value is -0.240. The van der Waals surface area contributed by atoms with Gasteiger partial charge in [-0.3, -0.25) is 0 Å². The minimum atomic E-state index is -0.696. The van der Waals surface area contributed by atoms with Crippen molar-refractivity contribution < 1.29 is 29.2 Å². The van der Waals surface area contributed by atoms with E-state index in [0.717, 1.165) is 6.42 Å². The molecule has 6 unspecified atom stereocenters. The van der Waals surface area contributed by atoms with Gasteiger partial charge in [-0.15, -0.1) is 0 Å². The molecule has 26 heavy (non-hydrogen) atoms. The molecule has 4 heterocycles. The molecule has 0 radical (unpaired) electrons. The van der Waals surface area contributed by atoms with Crippen LogP contribution < -0.4 is 0 Å². The molecule has 0 amide bonds. The number of aliphatic hydroxyl groups is 2. The average Bonchev–Trinajstić information content (AvgIpc) is 3.27. The molecule has 0 aromatic carbocycles. The molecule has 0 aromatic rings. The van der Waals surface area contributed by atoms with Crippen molar-refractivity contribution in [2.75, 3.05) is 19.8 Å². The lowest BCUT2D eigenvalue weighted by Gasteiger charge is -2.48. The molecule has 6 heteroatoms. The highest BCUT2D eigenvalue weighted by atomic mass is 16.7. The van der Waals surface area contributed by atoms with Gasteiger partial charge in [-0.1, -0.05) is 27.7 Å². The zero-order valence-electron chi connectivity index (χ0n) is 16.0. The van der Waals surface area contributed by atoms with Crippen molar-refractivity contribution >= 4 is 0 Å². The van der Waals surface area contributed by atoms with Crippen LogP contribution in [0.3, 0.4) is 0 Å². The van der Waals surface area contributed by atoms with Crippen LogP contribution in [0.25, 0.3) is 0 Å². The van der Waals surface area contributed by atoms with E-state index < -0.39 is 34.7 Å². The summed E-state index contributed by atoms with van der Waals surface area (Å²) >= 11 is 0. The van der Waals surface area contributed by atoms with Gasteiger partial charge in [-0.2, -0.15) is 0 Å². The van der Waals surface area contributed by atoms with E-state index in [9.17, 15) is 10.2 Å². The molecule has 4 aliphatic heterocycles. The summed E-state index contributed by atoms with van der Waals surface area (Å²) in [4.78, 5) is 0. The summed E-state index contributed by atoms with van der Waals surface area (Å²) in [5, 5.41) is 23.2. The van der Waals surface area contributed by atoms with Crippen LogP contribution >= 0.6 is 0 Å². The van der Waals surface area contributed by atoms with Gasteiger partial charge in [0, 0.05) is 17.3 Å². The van der Waals surface area contributed by atoms with Gasteiger partial charge in [0.2, 0.25) is 0 Å². The lowest BCUT2D eigenvalue weighted by atomic mass is 9.52. The number of fused-ring (bicyclic) bond motifs is 1. The van der Waals surface area contributed by atoms with Gasteiger partial charge in [-0.05, 0) is 17.8 Å². The Labute approximate surface area is 154 Å². The Morgan fingerprint density at radius 1 is 1.08 bits per heavy atom. The van der Waals surface area contributed by atoms with Crippen LogP contribution in [-0.2, 0) is 18.9 Å². The summed E-state index contributed by atoms with van der Waals surface area (Å²) in [6.45, 7) is 10.3. The van der Waals surface area contributed by atoms with Gasteiger partial charge in [0.05, 0.1) is 49.7 Å². The van der Waals surface area contributed by atoms with Gasteiger partial charge in [0.15, 0.2) is 6.29 Å². The summed E-state index contributed by atoms with van der Waals surface area (Å²) in [6, 6.07) is 0. The third-order valence-electron chi connectivity index (χ3n) is 8.89. The lowest BCUT2D eigenvalue weighted by Crippen LogP contribution is -2.58. The van der Waals surface area contributed by atoms with Gasteiger partial charge >= 0.3 is 0 Å². The molecule has 6 aliphatic rings. The van der Waals surface area contributed by atoms with Crippen molar-refractivity contribution in [2.24, 2.45) is 34.0 Å². The Morgan fingerprint density at radius 3 is 2.58 bits per heavy atom. The third-order valence-corrected chi connectivity index (χ3v) is 8.89. The first kappa shape index (κ1) is 16.7. The Kier molecular flexibility index (Phi) is 2.89. The second-order valence-corrected chi connectivity index (χ2v) is 10.7. The summed E-state index contributed by atoms with van der Waals surface area (Å²) in [7, 11) is 0. The Bertz CT molecular complexity index is 661. The molecular formula is C20H30O6. The van der Waals surface area contributed by atoms with Crippen molar-refractivity contribution in [2.45, 2.75) is 70.4 Å². The second-order valence-electron chi connectivity index (χ2n) is 10.7. The monoisotopic (exact) mass is 366 g/mol. The van der Waals surface area contributed by atoms with Gasteiger partial charge in [0.25, 0.3) is 0 Å². The van der Waals surface area contributed by atoms with Crippen molar-refractivity contribution in [1.82, 2.24) is 0 Å². The normalized spacial score (nSPS) is 65.3. The average molecular weight is 366 g/mol. The fourth-order valence-electron chi connectivity index (χ4n) is 8.73. The van der Waals surface area contributed by atoms with E-state index in [0.29, 0.717) is 19.8 Å². The van der Waals surface area contributed by atoms with Crippen LogP contribution in [0.15, 0.2) is 0 Å². The maximum atomic E-state index is 11.7. The Morgan fingerprint density at radius 2 is 1.85 bits per heavy atom. The smallest absolute Gasteiger partial charge is 0.165 e. The highest BCUT2D eigenvalue weighted by molar-refractivity contribution is 5.39. The van der Waals surface area contributed by atoms with Gasteiger partial charge in [-0.25, -0.2) is 0 Å². The molecule has 2 aliphatic carbocycles. The van der Waals surface area contributed by atoms with Gasteiger partial charge in [0.1, 0.15) is 5.60 Å². The standard InChI is InChI=1S/C20H30O6/c1-9-7-24-12-10(9)19-8-25-15-11(21)13(17(2,3)4)18(20(15,19)14(12)22)5-6-23-16(18)26-19/h9-16,21-22H,5-8H2,1-4H3/t9-,10+,11-,12?,13+,14?,15?,16+,18?,19?,20?/m1/s1. The van der Waals surface area contributed by atoms with E-state index in [4.69, 9.17) is 18.9 Å². The topological polar surface area (TPSA) is 77.4 Å². The predicted molar refractivity (Wildman–Crippen MR) is 90.1 cm³/mol. The maximum Gasteiger partial charge on any atom is 0.165 e. The SMILES string of the molecule is C[C@@H]1COC2C(O)C34C5OCC3(O[C@@H]3OCCC34[C@H](C(C)(C)C)[C@H]5O)[C@H]21. The van der Waals surface area contributed by atoms with Crippen molar-refractivity contribution in [3.63, 3.8) is 0 Å². The first-order valence-corrected chi connectivity index (χ1v) is 10.1. The predicted octanol–water partition coefficient (Wildman–Crippen LogP) is 0.936. The number of rotatable bonds is 0. The quantitative estimate of drug-likeness (QED) is 0.664. The van der Waals surface area contributed by atoms with E-state index in [1.165, 1.54) is 0 Å². The van der Waals surface area contributed by atoms with Crippen molar-refractivity contribution in [3.8, 4) is 0 Å². The van der Waals surface area contributed by atoms with E-state index in [2.05, 4.69) is 27.7 Å². The minimum absolute atomic E-state index is 0.0570. The van der Waals surface area contributed by atoms with E-state index in [1.54, 1.807) is 0 Å². The molecule has 2 N–H and O–H groups in total. The fourth-order valence-corrected chi connectivity index (χ4v) is 8.73. The molecule has 2 spiro atoms. The van der Waals surface area contributed by atoms with E-state index >= 15 is 0 Å². The summed E-state index contributed by atoms with van der Waals surface area (Å²) in [5.41, 5.74) is -1.86. The second kappa shape index (κ2) is 4.50. The minimum Gasteiger partial charge on any atom is -0.390 e. The van der Waals surface area contributed by atoms with E-state index in [1.807, 2.05) is 0 Å². The molecule has 11 atom stereocenters. The molecule has 6 nitrogen and oxygen atoms in total. The van der Waals surface area contributed by atoms with Crippen LogP contribution in [0.2, 0.25) is 0 Å². The number of hydrogen-bond acceptors (Lipinski definition) is 6. The zero-order chi connectivity index (χ0) is 18.3. The van der Waals surface area contributed by atoms with Crippen LogP contribution in [0, 0.1) is 34.0 Å². The summed E-state index contributed by atoms with van der Waals surface area (Å²) in [6.07, 6.45) is -1.56. The van der Waals surface area contributed by atoms with Crippen molar-refractivity contribution in [3.05, 3.63) is 0 Å². The number of ether oxygens (including phenoxy) is 4. The maximum absolute atomic E-state index is 11.7. The summed E-state index contributed by atoms with van der Waals surface area (Å²) < 4.78 is 25.3. The number of aliphatic hydroxyl groups excluding tert-OH is 2. The highest BCUT2D eigenvalue weighted by Crippen LogP contribution is 2.83. The molecule has 0 aromatic heterocycles. The molecule has 6 fully saturated rings. The molecule has 2 saturated carbocycles.